The minimum atomic E-state index is 0. The van der Waals surface area contributed by atoms with Crippen molar-refractivity contribution >= 4 is 38.3 Å². The van der Waals surface area contributed by atoms with Gasteiger partial charge in [-0.25, -0.2) is 0 Å². The van der Waals surface area contributed by atoms with E-state index in [0.29, 0.717) is 0 Å². The Morgan fingerprint density at radius 2 is 1.50 bits per heavy atom. The smallest absolute Gasteiger partial charge is 1.00 e. The van der Waals surface area contributed by atoms with E-state index < -0.39 is 0 Å². The van der Waals surface area contributed by atoms with Gasteiger partial charge in [0.25, 0.3) is 0 Å². The molecule has 26 valence electrons. The van der Waals surface area contributed by atoms with E-state index in [0.717, 1.165) is 21.0 Å². The fraction of sp³-hybridized carbons (Fsp3) is 0. The van der Waals surface area contributed by atoms with Gasteiger partial charge in [0.15, 0.2) is 0 Å². The van der Waals surface area contributed by atoms with Crippen LogP contribution in [-0.2, 0) is 4.12 Å². The third-order valence-corrected chi connectivity index (χ3v) is 0. The Labute approximate surface area is 47.4 Å². The molecule has 0 radical (unpaired) electrons. The van der Waals surface area contributed by atoms with Gasteiger partial charge in [0.1, 0.15) is 21.0 Å². The van der Waals surface area contributed by atoms with Gasteiger partial charge >= 0.3 is 17.4 Å². The molecule has 0 atom stereocenters. The number of hydrogen-bond acceptors (Lipinski definition) is 1. The van der Waals surface area contributed by atoms with Crippen LogP contribution in [0.15, 0.2) is 0 Å². The predicted octanol–water partition coefficient (Wildman–Crippen LogP) is -2.48. The zero-order valence-electron chi connectivity index (χ0n) is 5.99. The third kappa shape index (κ3) is 12.7. The minimum Gasteiger partial charge on any atom is -1.00 e. The third-order valence-electron chi connectivity index (χ3n) is 0. The van der Waals surface area contributed by atoms with Crippen molar-refractivity contribution in [1.29, 1.82) is 0 Å². The Hall–Kier alpha value is 0.926. The van der Waals surface area contributed by atoms with Gasteiger partial charge in [-0.05, 0) is 0 Å². The molecule has 4 heteroatoms. The van der Waals surface area contributed by atoms with Crippen LogP contribution in [0.3, 0.4) is 0 Å². The van der Waals surface area contributed by atoms with Gasteiger partial charge in [-0.3, -0.25) is 0 Å². The first-order chi connectivity index (χ1) is 1.41. The van der Waals surface area contributed by atoms with Crippen molar-refractivity contribution in [3.63, 3.8) is 0 Å². The molecule has 0 aromatic rings. The second-order valence-corrected chi connectivity index (χ2v) is 3.67. The number of rotatable bonds is 0. The van der Waals surface area contributed by atoms with Crippen molar-refractivity contribution in [1.82, 2.24) is 0 Å². The summed E-state index contributed by atoms with van der Waals surface area (Å²) in [6.07, 6.45) is 0. The van der Waals surface area contributed by atoms with E-state index in [1.54, 1.807) is 0 Å². The molecule has 0 heterocycles. The Morgan fingerprint density at radius 1 is 1.50 bits per heavy atom. The summed E-state index contributed by atoms with van der Waals surface area (Å²) in [7, 11) is 1.86. The maximum atomic E-state index is 4.53. The minimum absolute atomic E-state index is 0. The SMILES string of the molecule is [Al+3].[H-].[H-].[H-].[SiH3]O[SiH3]. The quantitative estimate of drug-likeness (QED) is 0.312. The molecule has 1 nitrogen and oxygen atoms in total. The van der Waals surface area contributed by atoms with Crippen LogP contribution < -0.4 is 0 Å². The van der Waals surface area contributed by atoms with Gasteiger partial charge in [-0.2, -0.15) is 0 Å². The van der Waals surface area contributed by atoms with Gasteiger partial charge in [0, 0.05) is 0 Å². The summed E-state index contributed by atoms with van der Waals surface area (Å²) in [6.45, 7) is 0. The second-order valence-electron chi connectivity index (χ2n) is 0.408. The standard InChI is InChI=1S/Al.H6OSi2.3H/c;2-1-3;;;/h;2-3H3;;;/q+3;;3*-1. The Bertz CT molecular complexity index is 12.9. The molecule has 0 saturated carbocycles. The summed E-state index contributed by atoms with van der Waals surface area (Å²) in [5, 5.41) is 0. The molecule has 0 aliphatic rings. The van der Waals surface area contributed by atoms with Gasteiger partial charge in [-0.1, -0.05) is 0 Å². The van der Waals surface area contributed by atoms with Crippen molar-refractivity contribution in [3.8, 4) is 0 Å². The van der Waals surface area contributed by atoms with Crippen LogP contribution in [-0.4, -0.2) is 38.3 Å². The topological polar surface area (TPSA) is 9.23 Å². The van der Waals surface area contributed by atoms with Crippen LogP contribution in [0.1, 0.15) is 4.28 Å². The Kier molecular flexibility index (Phi) is 20.1. The van der Waals surface area contributed by atoms with Crippen LogP contribution in [0.2, 0.25) is 0 Å². The molecule has 0 aliphatic carbocycles. The normalized spacial score (nSPS) is 6.00. The molecule has 0 fully saturated rings. The molecular formula is H9AlOSi2. The van der Waals surface area contributed by atoms with Gasteiger partial charge < -0.3 is 8.40 Å². The monoisotopic (exact) mass is 108 g/mol. The van der Waals surface area contributed by atoms with E-state index >= 15 is 0 Å². The van der Waals surface area contributed by atoms with E-state index in [2.05, 4.69) is 4.12 Å². The maximum Gasteiger partial charge on any atom is 3.00 e. The molecule has 4 heavy (non-hydrogen) atoms. The molecule has 0 aliphatic heterocycles. The first-order valence-corrected chi connectivity index (χ1v) is 2.45. The first kappa shape index (κ1) is 8.87. The fourth-order valence-electron chi connectivity index (χ4n) is 0. The Balaban J connectivity index is -0.00000000333. The molecule has 0 N–H and O–H groups in total. The average Bonchev–Trinajstić information content (AvgIpc) is 0.918. The van der Waals surface area contributed by atoms with Crippen molar-refractivity contribution < 1.29 is 8.40 Å². The van der Waals surface area contributed by atoms with Crippen LogP contribution in [0, 0.1) is 0 Å². The molecule has 0 spiro atoms. The fourth-order valence-corrected chi connectivity index (χ4v) is 0. The van der Waals surface area contributed by atoms with Crippen molar-refractivity contribution in [2.75, 3.05) is 0 Å². The maximum absolute atomic E-state index is 4.53. The van der Waals surface area contributed by atoms with Crippen molar-refractivity contribution in [2.24, 2.45) is 0 Å². The van der Waals surface area contributed by atoms with Crippen molar-refractivity contribution in [2.45, 2.75) is 0 Å². The van der Waals surface area contributed by atoms with E-state index in [-0.39, 0.29) is 21.6 Å². The summed E-state index contributed by atoms with van der Waals surface area (Å²) >= 11 is 0. The van der Waals surface area contributed by atoms with Gasteiger partial charge in [0.05, 0.1) is 0 Å². The van der Waals surface area contributed by atoms with Gasteiger partial charge in [0.2, 0.25) is 0 Å². The van der Waals surface area contributed by atoms with E-state index in [9.17, 15) is 0 Å². The van der Waals surface area contributed by atoms with Crippen LogP contribution >= 0.6 is 0 Å². The zero-order chi connectivity index (χ0) is 2.71. The largest absolute Gasteiger partial charge is 3.00 e. The molecule has 0 unspecified atom stereocenters. The van der Waals surface area contributed by atoms with Crippen LogP contribution in [0.5, 0.6) is 0 Å². The van der Waals surface area contributed by atoms with E-state index in [1.165, 1.54) is 0 Å². The first-order valence-electron chi connectivity index (χ1n) is 0.816. The molecule has 0 bridgehead atoms. The van der Waals surface area contributed by atoms with E-state index in [4.69, 9.17) is 0 Å². The summed E-state index contributed by atoms with van der Waals surface area (Å²) in [6, 6.07) is 0. The zero-order valence-corrected chi connectivity index (χ0v) is 8.14. The average molecular weight is 108 g/mol. The van der Waals surface area contributed by atoms with Crippen LogP contribution in [0.4, 0.5) is 0 Å². The second kappa shape index (κ2) is 9.06. The van der Waals surface area contributed by atoms with E-state index in [1.807, 2.05) is 0 Å². The molecule has 0 saturated heterocycles. The molecule has 0 aromatic carbocycles. The molecule has 0 rings (SSSR count). The molecular weight excluding hydrogens is 99.2 g/mol. The predicted molar refractivity (Wildman–Crippen MR) is 30.1 cm³/mol. The molecule has 0 aromatic heterocycles. The van der Waals surface area contributed by atoms with Crippen LogP contribution in [0.25, 0.3) is 0 Å². The number of hydrogen-bond donors (Lipinski definition) is 0. The molecule has 0 amide bonds. The van der Waals surface area contributed by atoms with Gasteiger partial charge in [-0.15, -0.1) is 0 Å². The summed E-state index contributed by atoms with van der Waals surface area (Å²) in [5.74, 6) is 0. The summed E-state index contributed by atoms with van der Waals surface area (Å²) in [5.41, 5.74) is 0. The van der Waals surface area contributed by atoms with Crippen molar-refractivity contribution in [3.05, 3.63) is 0 Å². The summed E-state index contributed by atoms with van der Waals surface area (Å²) < 4.78 is 4.53. The Morgan fingerprint density at radius 3 is 1.50 bits per heavy atom. The summed E-state index contributed by atoms with van der Waals surface area (Å²) in [4.78, 5) is 0.